The second-order valence-corrected chi connectivity index (χ2v) is 5.58. The summed E-state index contributed by atoms with van der Waals surface area (Å²) in [7, 11) is 0. The van der Waals surface area contributed by atoms with Crippen molar-refractivity contribution in [2.75, 3.05) is 23.4 Å². The van der Waals surface area contributed by atoms with Crippen molar-refractivity contribution in [2.45, 2.75) is 38.0 Å². The molecule has 0 amide bonds. The zero-order valence-electron chi connectivity index (χ0n) is 11.7. The lowest BCUT2D eigenvalue weighted by molar-refractivity contribution is -0.137. The summed E-state index contributed by atoms with van der Waals surface area (Å²) in [5.41, 5.74) is 0.582. The summed E-state index contributed by atoms with van der Waals surface area (Å²) in [6.45, 7) is 2.74. The van der Waals surface area contributed by atoms with Crippen LogP contribution in [0.1, 0.15) is 31.7 Å². The molecule has 1 saturated heterocycles. The molecule has 0 aromatic carbocycles. The van der Waals surface area contributed by atoms with E-state index in [1.165, 1.54) is 0 Å². The van der Waals surface area contributed by atoms with Gasteiger partial charge in [-0.2, -0.15) is 13.2 Å². The Balaban J connectivity index is 2.30. The van der Waals surface area contributed by atoms with Gasteiger partial charge < -0.3 is 15.4 Å². The van der Waals surface area contributed by atoms with E-state index >= 15 is 0 Å². The molecule has 0 radical (unpaired) electrons. The highest BCUT2D eigenvalue weighted by atomic mass is 19.4. The lowest BCUT2D eigenvalue weighted by Gasteiger charge is -2.24. The van der Waals surface area contributed by atoms with Gasteiger partial charge in [-0.15, -0.1) is 0 Å². The highest BCUT2D eigenvalue weighted by Gasteiger charge is 2.33. The fourth-order valence-electron chi connectivity index (χ4n) is 2.41. The summed E-state index contributed by atoms with van der Waals surface area (Å²) in [4.78, 5) is 5.83. The van der Waals surface area contributed by atoms with Crippen molar-refractivity contribution >= 4 is 11.6 Å². The van der Waals surface area contributed by atoms with Crippen molar-refractivity contribution in [3.8, 4) is 0 Å². The second kappa shape index (κ2) is 5.69. The molecule has 0 aliphatic carbocycles. The first-order valence-electron chi connectivity index (χ1n) is 6.74. The summed E-state index contributed by atoms with van der Waals surface area (Å²) in [6, 6.07) is 1.89. The fourth-order valence-corrected chi connectivity index (χ4v) is 2.41. The first kappa shape index (κ1) is 15.8. The summed E-state index contributed by atoms with van der Waals surface area (Å²) >= 11 is 0. The molecule has 5 nitrogen and oxygen atoms in total. The van der Waals surface area contributed by atoms with E-state index in [0.717, 1.165) is 12.1 Å². The number of rotatable bonds is 2. The molecule has 1 fully saturated rings. The van der Waals surface area contributed by atoms with Gasteiger partial charge >= 0.3 is 6.18 Å². The number of nitrogens with zero attached hydrogens (tertiary/aromatic N) is 2. The highest BCUT2D eigenvalue weighted by molar-refractivity contribution is 5.51. The minimum Gasteiger partial charge on any atom is -0.390 e. The van der Waals surface area contributed by atoms with Crippen LogP contribution in [-0.4, -0.2) is 28.8 Å². The van der Waals surface area contributed by atoms with Crippen molar-refractivity contribution < 1.29 is 18.3 Å². The highest BCUT2D eigenvalue weighted by Crippen LogP contribution is 2.33. The SMILES string of the molecule is CC1(O)CCCN(c2cc(C(F)(F)F)cc(NN)n2)CC1. The van der Waals surface area contributed by atoms with Crippen LogP contribution in [0.5, 0.6) is 0 Å². The molecule has 1 aromatic heterocycles. The van der Waals surface area contributed by atoms with E-state index in [0.29, 0.717) is 32.4 Å². The average Bonchev–Trinajstić information content (AvgIpc) is 2.58. The van der Waals surface area contributed by atoms with Crippen LogP contribution in [0.25, 0.3) is 0 Å². The van der Waals surface area contributed by atoms with E-state index in [1.807, 2.05) is 0 Å². The normalized spacial score (nSPS) is 23.8. The topological polar surface area (TPSA) is 74.4 Å². The number of nitrogens with one attached hydrogen (secondary N) is 1. The van der Waals surface area contributed by atoms with Gasteiger partial charge in [-0.1, -0.05) is 0 Å². The number of anilines is 2. The minimum absolute atomic E-state index is 0.0316. The Bertz CT molecular complexity index is 505. The van der Waals surface area contributed by atoms with Gasteiger partial charge in [-0.25, -0.2) is 10.8 Å². The molecule has 1 atom stereocenters. The number of hydrogen-bond donors (Lipinski definition) is 3. The maximum absolute atomic E-state index is 12.9. The van der Waals surface area contributed by atoms with Crippen LogP contribution in [0.4, 0.5) is 24.8 Å². The van der Waals surface area contributed by atoms with Gasteiger partial charge in [-0.05, 0) is 38.3 Å². The third-order valence-electron chi connectivity index (χ3n) is 3.67. The van der Waals surface area contributed by atoms with Gasteiger partial charge in [0.1, 0.15) is 11.6 Å². The van der Waals surface area contributed by atoms with Crippen LogP contribution in [0.15, 0.2) is 12.1 Å². The van der Waals surface area contributed by atoms with Crippen molar-refractivity contribution in [1.29, 1.82) is 0 Å². The molecule has 21 heavy (non-hydrogen) atoms. The lowest BCUT2D eigenvalue weighted by atomic mass is 9.98. The quantitative estimate of drug-likeness (QED) is 0.576. The van der Waals surface area contributed by atoms with Crippen molar-refractivity contribution in [2.24, 2.45) is 5.84 Å². The van der Waals surface area contributed by atoms with Gasteiger partial charge in [0.05, 0.1) is 11.2 Å². The molecule has 0 spiro atoms. The molecular formula is C13H19F3N4O. The largest absolute Gasteiger partial charge is 0.416 e. The molecule has 1 aliphatic heterocycles. The molecule has 118 valence electrons. The zero-order valence-corrected chi connectivity index (χ0v) is 11.7. The van der Waals surface area contributed by atoms with Crippen LogP contribution in [0.2, 0.25) is 0 Å². The Morgan fingerprint density at radius 2 is 2.05 bits per heavy atom. The van der Waals surface area contributed by atoms with Crippen LogP contribution < -0.4 is 16.2 Å². The van der Waals surface area contributed by atoms with E-state index in [-0.39, 0.29) is 11.6 Å². The maximum atomic E-state index is 12.9. The Kier molecular flexibility index (Phi) is 4.29. The van der Waals surface area contributed by atoms with Gasteiger partial charge in [-0.3, -0.25) is 0 Å². The first-order chi connectivity index (χ1) is 9.71. The van der Waals surface area contributed by atoms with E-state index in [9.17, 15) is 18.3 Å². The second-order valence-electron chi connectivity index (χ2n) is 5.58. The van der Waals surface area contributed by atoms with Crippen LogP contribution in [0.3, 0.4) is 0 Å². The van der Waals surface area contributed by atoms with Crippen LogP contribution in [0, 0.1) is 0 Å². The predicted molar refractivity (Wildman–Crippen MR) is 73.7 cm³/mol. The van der Waals surface area contributed by atoms with Gasteiger partial charge in [0.2, 0.25) is 0 Å². The van der Waals surface area contributed by atoms with Crippen LogP contribution in [-0.2, 0) is 6.18 Å². The smallest absolute Gasteiger partial charge is 0.390 e. The number of nitrogens with two attached hydrogens (primary N) is 1. The van der Waals surface area contributed by atoms with Crippen molar-refractivity contribution in [1.82, 2.24) is 4.98 Å². The van der Waals surface area contributed by atoms with Gasteiger partial charge in [0.15, 0.2) is 0 Å². The molecule has 0 saturated carbocycles. The molecule has 2 rings (SSSR count). The predicted octanol–water partition coefficient (Wildman–Crippen LogP) is 2.13. The lowest BCUT2D eigenvalue weighted by Crippen LogP contribution is -2.29. The number of halogens is 3. The number of aromatic nitrogens is 1. The monoisotopic (exact) mass is 304 g/mol. The van der Waals surface area contributed by atoms with E-state index in [2.05, 4.69) is 10.4 Å². The fraction of sp³-hybridized carbons (Fsp3) is 0.615. The molecule has 4 N–H and O–H groups in total. The van der Waals surface area contributed by atoms with Gasteiger partial charge in [0.25, 0.3) is 0 Å². The number of pyridine rings is 1. The number of aliphatic hydroxyl groups is 1. The standard InChI is InChI=1S/C13H19F3N4O/c1-12(21)3-2-5-20(6-4-12)11-8-9(13(14,15)16)7-10(18-11)19-17/h7-8,21H,2-6,17H2,1H3,(H,18,19). The summed E-state index contributed by atoms with van der Waals surface area (Å²) < 4.78 is 38.7. The average molecular weight is 304 g/mol. The Morgan fingerprint density at radius 1 is 1.33 bits per heavy atom. The summed E-state index contributed by atoms with van der Waals surface area (Å²) in [5.74, 6) is 5.38. The van der Waals surface area contributed by atoms with Crippen LogP contribution >= 0.6 is 0 Å². The van der Waals surface area contributed by atoms with E-state index in [4.69, 9.17) is 5.84 Å². The zero-order chi connectivity index (χ0) is 15.7. The van der Waals surface area contributed by atoms with E-state index < -0.39 is 17.3 Å². The van der Waals surface area contributed by atoms with Crippen molar-refractivity contribution in [3.05, 3.63) is 17.7 Å². The molecular weight excluding hydrogens is 285 g/mol. The Hall–Kier alpha value is -1.54. The molecule has 1 aromatic rings. The molecule has 8 heteroatoms. The minimum atomic E-state index is -4.46. The third-order valence-corrected chi connectivity index (χ3v) is 3.67. The number of nitrogen functional groups attached to an aromatic ring is 1. The van der Waals surface area contributed by atoms with Gasteiger partial charge in [0, 0.05) is 13.1 Å². The summed E-state index contributed by atoms with van der Waals surface area (Å²) in [6.07, 6.45) is -2.67. The number of alkyl halides is 3. The molecule has 1 unspecified atom stereocenters. The van der Waals surface area contributed by atoms with E-state index in [1.54, 1.807) is 11.8 Å². The summed E-state index contributed by atoms with van der Waals surface area (Å²) in [5, 5.41) is 10.0. The molecule has 2 heterocycles. The first-order valence-corrected chi connectivity index (χ1v) is 6.74. The third kappa shape index (κ3) is 3.98. The Morgan fingerprint density at radius 3 is 2.67 bits per heavy atom. The number of hydrogen-bond acceptors (Lipinski definition) is 5. The molecule has 1 aliphatic rings. The number of hydrazine groups is 1. The molecule has 0 bridgehead atoms. The van der Waals surface area contributed by atoms with Crippen molar-refractivity contribution in [3.63, 3.8) is 0 Å². The maximum Gasteiger partial charge on any atom is 0.416 e. The Labute approximate surface area is 120 Å².